The van der Waals surface area contributed by atoms with Crippen LogP contribution in [0.25, 0.3) is 0 Å². The lowest BCUT2D eigenvalue weighted by Crippen LogP contribution is -2.44. The van der Waals surface area contributed by atoms with Crippen LogP contribution in [0.3, 0.4) is 0 Å². The highest BCUT2D eigenvalue weighted by Crippen LogP contribution is 2.05. The van der Waals surface area contributed by atoms with E-state index in [0.29, 0.717) is 24.9 Å². The summed E-state index contributed by atoms with van der Waals surface area (Å²) in [6, 6.07) is 0. The smallest absolute Gasteiger partial charge is 0.317 e. The first-order valence-electron chi connectivity index (χ1n) is 6.91. The summed E-state index contributed by atoms with van der Waals surface area (Å²) >= 11 is 0. The number of terminal acetylenes is 1. The van der Waals surface area contributed by atoms with Gasteiger partial charge in [0.1, 0.15) is 0 Å². The minimum absolute atomic E-state index is 0.0515. The molecule has 0 rings (SSSR count). The van der Waals surface area contributed by atoms with E-state index in [2.05, 4.69) is 33.6 Å². The van der Waals surface area contributed by atoms with Gasteiger partial charge in [-0.3, -0.25) is 14.5 Å². The van der Waals surface area contributed by atoms with Gasteiger partial charge in [0.05, 0.1) is 19.6 Å². The molecule has 0 aromatic heterocycles. The molecule has 0 bridgehead atoms. The number of hydrogen-bond donors (Lipinski definition) is 1. The second kappa shape index (κ2) is 9.38. The molecule has 0 saturated heterocycles. The molecule has 1 amide bonds. The fourth-order valence-corrected chi connectivity index (χ4v) is 1.94. The molecule has 0 aromatic carbocycles. The van der Waals surface area contributed by atoms with Crippen LogP contribution in [0.4, 0.5) is 0 Å². The molecular weight excluding hydrogens is 256 g/mol. The maximum atomic E-state index is 12.3. The van der Waals surface area contributed by atoms with E-state index in [0.717, 1.165) is 0 Å². The van der Waals surface area contributed by atoms with Gasteiger partial charge in [0.25, 0.3) is 0 Å². The van der Waals surface area contributed by atoms with E-state index in [9.17, 15) is 9.59 Å². The van der Waals surface area contributed by atoms with Crippen LogP contribution in [-0.4, -0.2) is 59.5 Å². The van der Waals surface area contributed by atoms with Crippen molar-refractivity contribution in [2.24, 2.45) is 11.8 Å². The Balaban J connectivity index is 4.68. The van der Waals surface area contributed by atoms with Gasteiger partial charge in [-0.2, -0.15) is 0 Å². The van der Waals surface area contributed by atoms with E-state index in [1.807, 2.05) is 0 Å². The fourth-order valence-electron chi connectivity index (χ4n) is 1.94. The number of rotatable bonds is 9. The van der Waals surface area contributed by atoms with E-state index in [-0.39, 0.29) is 25.5 Å². The number of aliphatic carboxylic acids is 1. The van der Waals surface area contributed by atoms with Crippen molar-refractivity contribution in [2.75, 3.05) is 32.7 Å². The Morgan fingerprint density at radius 1 is 1.10 bits per heavy atom. The Labute approximate surface area is 121 Å². The van der Waals surface area contributed by atoms with Gasteiger partial charge in [-0.1, -0.05) is 33.6 Å². The zero-order chi connectivity index (χ0) is 15.7. The van der Waals surface area contributed by atoms with Crippen molar-refractivity contribution < 1.29 is 14.7 Å². The third kappa shape index (κ3) is 8.54. The van der Waals surface area contributed by atoms with E-state index < -0.39 is 5.97 Å². The SMILES string of the molecule is C#CCN(CC(=O)O)CC(=O)N(CC(C)C)CC(C)C. The molecular formula is C15H26N2O3. The van der Waals surface area contributed by atoms with E-state index in [4.69, 9.17) is 11.5 Å². The van der Waals surface area contributed by atoms with E-state index >= 15 is 0 Å². The normalized spacial score (nSPS) is 10.9. The summed E-state index contributed by atoms with van der Waals surface area (Å²) in [6.45, 7) is 9.56. The number of nitrogens with zero attached hydrogens (tertiary/aromatic N) is 2. The van der Waals surface area contributed by atoms with Gasteiger partial charge in [-0.05, 0) is 11.8 Å². The monoisotopic (exact) mass is 282 g/mol. The number of carboxylic acid groups (broad SMARTS) is 1. The van der Waals surface area contributed by atoms with Crippen LogP contribution in [-0.2, 0) is 9.59 Å². The van der Waals surface area contributed by atoms with Crippen molar-refractivity contribution >= 4 is 11.9 Å². The fraction of sp³-hybridized carbons (Fsp3) is 0.733. The first-order chi connectivity index (χ1) is 9.26. The van der Waals surface area contributed by atoms with Gasteiger partial charge in [0, 0.05) is 13.1 Å². The van der Waals surface area contributed by atoms with Gasteiger partial charge >= 0.3 is 5.97 Å². The van der Waals surface area contributed by atoms with Crippen molar-refractivity contribution in [1.29, 1.82) is 0 Å². The first-order valence-corrected chi connectivity index (χ1v) is 6.91. The maximum absolute atomic E-state index is 12.3. The molecule has 1 N–H and O–H groups in total. The van der Waals surface area contributed by atoms with E-state index in [1.165, 1.54) is 4.90 Å². The predicted octanol–water partition coefficient (Wildman–Crippen LogP) is 1.15. The molecule has 0 aliphatic carbocycles. The second-order valence-electron chi connectivity index (χ2n) is 5.83. The zero-order valence-corrected chi connectivity index (χ0v) is 12.9. The minimum Gasteiger partial charge on any atom is -0.480 e. The predicted molar refractivity (Wildman–Crippen MR) is 79.2 cm³/mol. The van der Waals surface area contributed by atoms with Crippen LogP contribution in [0.2, 0.25) is 0 Å². The van der Waals surface area contributed by atoms with Gasteiger partial charge in [0.2, 0.25) is 5.91 Å². The minimum atomic E-state index is -0.979. The van der Waals surface area contributed by atoms with Crippen molar-refractivity contribution in [3.8, 4) is 12.3 Å². The third-order valence-electron chi connectivity index (χ3n) is 2.56. The largest absolute Gasteiger partial charge is 0.480 e. The topological polar surface area (TPSA) is 60.9 Å². The van der Waals surface area contributed by atoms with Crippen LogP contribution in [0, 0.1) is 24.2 Å². The van der Waals surface area contributed by atoms with Gasteiger partial charge in [0.15, 0.2) is 0 Å². The second-order valence-corrected chi connectivity index (χ2v) is 5.83. The Morgan fingerprint density at radius 3 is 1.95 bits per heavy atom. The number of hydrogen-bond acceptors (Lipinski definition) is 3. The maximum Gasteiger partial charge on any atom is 0.317 e. The summed E-state index contributed by atoms with van der Waals surface area (Å²) in [5.74, 6) is 2.09. The molecule has 0 saturated carbocycles. The molecule has 0 fully saturated rings. The molecule has 0 aliphatic heterocycles. The summed E-state index contributed by atoms with van der Waals surface area (Å²) in [4.78, 5) is 26.3. The Hall–Kier alpha value is -1.54. The molecule has 0 atom stereocenters. The van der Waals surface area contributed by atoms with E-state index in [1.54, 1.807) is 4.90 Å². The highest BCUT2D eigenvalue weighted by Gasteiger charge is 2.20. The van der Waals surface area contributed by atoms with Gasteiger partial charge < -0.3 is 10.0 Å². The van der Waals surface area contributed by atoms with Gasteiger partial charge in [-0.15, -0.1) is 6.42 Å². The summed E-state index contributed by atoms with van der Waals surface area (Å²) in [5, 5.41) is 8.82. The average Bonchev–Trinajstić information content (AvgIpc) is 2.26. The van der Waals surface area contributed by atoms with Crippen LogP contribution in [0.1, 0.15) is 27.7 Å². The molecule has 5 heteroatoms. The zero-order valence-electron chi connectivity index (χ0n) is 12.9. The van der Waals surface area contributed by atoms with Crippen LogP contribution < -0.4 is 0 Å². The van der Waals surface area contributed by atoms with Crippen LogP contribution in [0.15, 0.2) is 0 Å². The Morgan fingerprint density at radius 2 is 1.60 bits per heavy atom. The Kier molecular flexibility index (Phi) is 8.66. The van der Waals surface area contributed by atoms with Crippen molar-refractivity contribution in [3.05, 3.63) is 0 Å². The molecule has 0 radical (unpaired) electrons. The van der Waals surface area contributed by atoms with Gasteiger partial charge in [-0.25, -0.2) is 0 Å². The van der Waals surface area contributed by atoms with Crippen molar-refractivity contribution in [2.45, 2.75) is 27.7 Å². The van der Waals surface area contributed by atoms with Crippen molar-refractivity contribution in [1.82, 2.24) is 9.80 Å². The molecule has 5 nitrogen and oxygen atoms in total. The molecule has 114 valence electrons. The molecule has 0 aromatic rings. The average molecular weight is 282 g/mol. The highest BCUT2D eigenvalue weighted by molar-refractivity contribution is 5.79. The molecule has 0 heterocycles. The number of carbonyl (C=O) groups excluding carboxylic acids is 1. The summed E-state index contributed by atoms with van der Waals surface area (Å²) in [5.41, 5.74) is 0. The lowest BCUT2D eigenvalue weighted by Gasteiger charge is -2.28. The van der Waals surface area contributed by atoms with Crippen molar-refractivity contribution in [3.63, 3.8) is 0 Å². The Bertz CT molecular complexity index is 349. The lowest BCUT2D eigenvalue weighted by molar-refractivity contribution is -0.139. The van der Waals surface area contributed by atoms with Crippen LogP contribution in [0.5, 0.6) is 0 Å². The third-order valence-corrected chi connectivity index (χ3v) is 2.56. The summed E-state index contributed by atoms with van der Waals surface area (Å²) in [7, 11) is 0. The number of carbonyl (C=O) groups is 2. The molecule has 0 spiro atoms. The molecule has 20 heavy (non-hydrogen) atoms. The standard InChI is InChI=1S/C15H26N2O3/c1-6-7-16(11-15(19)20)10-14(18)17(8-12(2)3)9-13(4)5/h1,12-13H,7-11H2,2-5H3,(H,19,20). The summed E-state index contributed by atoms with van der Waals surface area (Å²) in [6.07, 6.45) is 5.21. The van der Waals surface area contributed by atoms with Crippen LogP contribution >= 0.6 is 0 Å². The quantitative estimate of drug-likeness (QED) is 0.644. The molecule has 0 aliphatic rings. The summed E-state index contributed by atoms with van der Waals surface area (Å²) < 4.78 is 0. The lowest BCUT2D eigenvalue weighted by atomic mass is 10.1. The molecule has 0 unspecified atom stereocenters. The highest BCUT2D eigenvalue weighted by atomic mass is 16.4. The first kappa shape index (κ1) is 18.5. The number of carboxylic acids is 1. The number of amides is 1.